The standard InChI is InChI=1S/C15H17N3O3S2/c1-21-9-3-4-11(19)8(5-9)6-13(20)18-10-7-12(14(16)17)23-15(10)22-2/h3-5,7,19H,6H2,1-2H3,(H3,16,17)(H,18,20). The summed E-state index contributed by atoms with van der Waals surface area (Å²) < 4.78 is 5.97. The number of ether oxygens (including phenoxy) is 1. The van der Waals surface area contributed by atoms with Crippen molar-refractivity contribution in [3.63, 3.8) is 0 Å². The Labute approximate surface area is 142 Å². The molecular formula is C15H17N3O3S2. The molecule has 0 aliphatic heterocycles. The molecule has 23 heavy (non-hydrogen) atoms. The van der Waals surface area contributed by atoms with Gasteiger partial charge in [-0.05, 0) is 30.5 Å². The molecule has 0 atom stereocenters. The van der Waals surface area contributed by atoms with Crippen LogP contribution in [0.2, 0.25) is 0 Å². The molecule has 1 aromatic carbocycles. The van der Waals surface area contributed by atoms with Gasteiger partial charge in [0, 0.05) is 5.56 Å². The summed E-state index contributed by atoms with van der Waals surface area (Å²) in [7, 11) is 1.52. The van der Waals surface area contributed by atoms with Crippen molar-refractivity contribution in [3.8, 4) is 11.5 Å². The van der Waals surface area contributed by atoms with Crippen LogP contribution in [0.5, 0.6) is 11.5 Å². The van der Waals surface area contributed by atoms with Gasteiger partial charge in [0.05, 0.1) is 28.3 Å². The summed E-state index contributed by atoms with van der Waals surface area (Å²) in [6.07, 6.45) is 1.90. The Morgan fingerprint density at radius 2 is 2.22 bits per heavy atom. The average Bonchev–Trinajstić information content (AvgIpc) is 2.92. The van der Waals surface area contributed by atoms with Crippen LogP contribution in [0.25, 0.3) is 0 Å². The molecule has 0 bridgehead atoms. The molecule has 122 valence electrons. The monoisotopic (exact) mass is 351 g/mol. The van der Waals surface area contributed by atoms with Gasteiger partial charge in [-0.15, -0.1) is 23.1 Å². The highest BCUT2D eigenvalue weighted by Crippen LogP contribution is 2.35. The van der Waals surface area contributed by atoms with E-state index in [1.807, 2.05) is 6.26 Å². The Morgan fingerprint density at radius 3 is 2.83 bits per heavy atom. The van der Waals surface area contributed by atoms with Crippen molar-refractivity contribution in [1.82, 2.24) is 0 Å². The molecule has 0 spiro atoms. The quantitative estimate of drug-likeness (QED) is 0.363. The van der Waals surface area contributed by atoms with Gasteiger partial charge in [0.25, 0.3) is 0 Å². The van der Waals surface area contributed by atoms with Crippen LogP contribution in [0.4, 0.5) is 5.69 Å². The Hall–Kier alpha value is -2.19. The number of carbonyl (C=O) groups excluding carboxylic acids is 1. The second kappa shape index (κ2) is 7.38. The Morgan fingerprint density at radius 1 is 1.48 bits per heavy atom. The lowest BCUT2D eigenvalue weighted by molar-refractivity contribution is -0.115. The van der Waals surface area contributed by atoms with Crippen molar-refractivity contribution >= 4 is 40.5 Å². The fraction of sp³-hybridized carbons (Fsp3) is 0.200. The molecule has 2 aromatic rings. The molecule has 5 N–H and O–H groups in total. The van der Waals surface area contributed by atoms with Gasteiger partial charge in [-0.3, -0.25) is 10.2 Å². The number of thiophene rings is 1. The summed E-state index contributed by atoms with van der Waals surface area (Å²) >= 11 is 2.83. The summed E-state index contributed by atoms with van der Waals surface area (Å²) in [6, 6.07) is 6.43. The van der Waals surface area contributed by atoms with Crippen molar-refractivity contribution in [2.45, 2.75) is 10.6 Å². The maximum Gasteiger partial charge on any atom is 0.228 e. The van der Waals surface area contributed by atoms with Crippen LogP contribution < -0.4 is 15.8 Å². The number of amides is 1. The van der Waals surface area contributed by atoms with Gasteiger partial charge >= 0.3 is 0 Å². The number of hydrogen-bond donors (Lipinski definition) is 4. The minimum absolute atomic E-state index is 0.0160. The zero-order valence-corrected chi connectivity index (χ0v) is 14.3. The minimum atomic E-state index is -0.267. The second-order valence-corrected chi connectivity index (χ2v) is 6.78. The van der Waals surface area contributed by atoms with Gasteiger partial charge in [0.15, 0.2) is 0 Å². The number of rotatable bonds is 6. The van der Waals surface area contributed by atoms with Crippen molar-refractivity contribution in [1.29, 1.82) is 5.41 Å². The van der Waals surface area contributed by atoms with Crippen LogP contribution in [0.1, 0.15) is 10.4 Å². The molecule has 0 aliphatic rings. The number of nitrogens with two attached hydrogens (primary N) is 1. The number of thioether (sulfide) groups is 1. The van der Waals surface area contributed by atoms with Crippen LogP contribution in [-0.4, -0.2) is 30.2 Å². The fourth-order valence-corrected chi connectivity index (χ4v) is 3.58. The van der Waals surface area contributed by atoms with Crippen molar-refractivity contribution in [2.24, 2.45) is 5.73 Å². The first-order chi connectivity index (χ1) is 10.9. The summed E-state index contributed by atoms with van der Waals surface area (Å²) in [4.78, 5) is 12.8. The van der Waals surface area contributed by atoms with Gasteiger partial charge in [0.2, 0.25) is 5.91 Å². The van der Waals surface area contributed by atoms with E-state index in [1.54, 1.807) is 18.2 Å². The van der Waals surface area contributed by atoms with Gasteiger partial charge < -0.3 is 20.9 Å². The molecule has 6 nitrogen and oxygen atoms in total. The van der Waals surface area contributed by atoms with Gasteiger partial charge in [0.1, 0.15) is 17.3 Å². The summed E-state index contributed by atoms with van der Waals surface area (Å²) in [5, 5.41) is 20.1. The number of nitrogen functional groups attached to an aromatic ring is 1. The number of methoxy groups -OCH3 is 1. The van der Waals surface area contributed by atoms with Gasteiger partial charge in [-0.1, -0.05) is 0 Å². The van der Waals surface area contributed by atoms with Crippen molar-refractivity contribution in [2.75, 3.05) is 18.7 Å². The molecule has 0 radical (unpaired) electrons. The first-order valence-electron chi connectivity index (χ1n) is 6.62. The van der Waals surface area contributed by atoms with Crippen LogP contribution in [0.3, 0.4) is 0 Å². The first kappa shape index (κ1) is 17.2. The summed E-state index contributed by atoms with van der Waals surface area (Å²) in [6.45, 7) is 0. The third-order valence-corrected chi connectivity index (χ3v) is 5.36. The average molecular weight is 351 g/mol. The van der Waals surface area contributed by atoms with E-state index in [1.165, 1.54) is 36.3 Å². The molecule has 0 saturated carbocycles. The molecule has 1 aromatic heterocycles. The third-order valence-electron chi connectivity index (χ3n) is 3.06. The smallest absolute Gasteiger partial charge is 0.228 e. The van der Waals surface area contributed by atoms with Crippen LogP contribution in [0, 0.1) is 5.41 Å². The lowest BCUT2D eigenvalue weighted by Gasteiger charge is -2.08. The largest absolute Gasteiger partial charge is 0.508 e. The molecule has 8 heteroatoms. The lowest BCUT2D eigenvalue weighted by atomic mass is 10.1. The van der Waals surface area contributed by atoms with E-state index in [2.05, 4.69) is 5.32 Å². The third kappa shape index (κ3) is 4.17. The lowest BCUT2D eigenvalue weighted by Crippen LogP contribution is -2.14. The van der Waals surface area contributed by atoms with Crippen LogP contribution in [-0.2, 0) is 11.2 Å². The van der Waals surface area contributed by atoms with E-state index in [0.29, 0.717) is 21.9 Å². The Balaban J connectivity index is 2.15. The van der Waals surface area contributed by atoms with Crippen LogP contribution in [0.15, 0.2) is 28.5 Å². The van der Waals surface area contributed by atoms with E-state index in [9.17, 15) is 9.90 Å². The number of hydrogen-bond acceptors (Lipinski definition) is 6. The molecule has 1 heterocycles. The Kier molecular flexibility index (Phi) is 5.51. The first-order valence-corrected chi connectivity index (χ1v) is 8.66. The van der Waals surface area contributed by atoms with E-state index in [0.717, 1.165) is 4.21 Å². The van der Waals surface area contributed by atoms with E-state index >= 15 is 0 Å². The predicted molar refractivity (Wildman–Crippen MR) is 94.1 cm³/mol. The highest BCUT2D eigenvalue weighted by molar-refractivity contribution is 8.00. The van der Waals surface area contributed by atoms with Crippen LogP contribution >= 0.6 is 23.1 Å². The number of aromatic hydroxyl groups is 1. The molecule has 1 amide bonds. The molecular weight excluding hydrogens is 334 g/mol. The van der Waals surface area contributed by atoms with Crippen molar-refractivity contribution < 1.29 is 14.6 Å². The summed E-state index contributed by atoms with van der Waals surface area (Å²) in [5.41, 5.74) is 6.59. The molecule has 0 fully saturated rings. The number of carbonyl (C=O) groups is 1. The number of phenolic OH excluding ortho intramolecular Hbond substituents is 1. The highest BCUT2D eigenvalue weighted by atomic mass is 32.2. The topological polar surface area (TPSA) is 108 Å². The molecule has 0 saturated heterocycles. The fourth-order valence-electron chi connectivity index (χ4n) is 1.94. The zero-order valence-electron chi connectivity index (χ0n) is 12.7. The van der Waals surface area contributed by atoms with E-state index in [4.69, 9.17) is 15.9 Å². The number of benzene rings is 1. The number of amidine groups is 1. The van der Waals surface area contributed by atoms with Gasteiger partial charge in [-0.2, -0.15) is 0 Å². The van der Waals surface area contributed by atoms with E-state index in [-0.39, 0.29) is 23.9 Å². The summed E-state index contributed by atoms with van der Waals surface area (Å²) in [5.74, 6) is 0.318. The second-order valence-electron chi connectivity index (χ2n) is 4.65. The Bertz CT molecular complexity index is 744. The number of anilines is 1. The molecule has 0 unspecified atom stereocenters. The maximum absolute atomic E-state index is 12.2. The predicted octanol–water partition coefficient (Wildman–Crippen LogP) is 2.65. The number of phenols is 1. The number of nitrogens with one attached hydrogen (secondary N) is 2. The van der Waals surface area contributed by atoms with Crippen molar-refractivity contribution in [3.05, 3.63) is 34.7 Å². The zero-order chi connectivity index (χ0) is 17.0. The normalized spacial score (nSPS) is 10.3. The van der Waals surface area contributed by atoms with Gasteiger partial charge in [-0.25, -0.2) is 0 Å². The maximum atomic E-state index is 12.2. The SMILES string of the molecule is COc1ccc(O)c(CC(=O)Nc2cc(C(=N)N)sc2SC)c1. The highest BCUT2D eigenvalue weighted by Gasteiger charge is 2.14. The van der Waals surface area contributed by atoms with E-state index < -0.39 is 0 Å². The minimum Gasteiger partial charge on any atom is -0.508 e. The molecule has 0 aliphatic carbocycles. The molecule has 2 rings (SSSR count).